The van der Waals surface area contributed by atoms with Crippen molar-refractivity contribution in [1.29, 1.82) is 5.26 Å². The zero-order chi connectivity index (χ0) is 13.1. The Hall–Kier alpha value is -2.35. The fraction of sp³-hybridized carbons (Fsp3) is 0.308. The van der Waals surface area contributed by atoms with Crippen molar-refractivity contribution in [3.05, 3.63) is 35.4 Å². The number of nitriles is 1. The van der Waals surface area contributed by atoms with Crippen molar-refractivity contribution < 1.29 is 9.59 Å². The highest BCUT2D eigenvalue weighted by atomic mass is 16.2. The number of aryl methyl sites for hydroxylation is 1. The topological polar surface area (TPSA) is 73.2 Å². The van der Waals surface area contributed by atoms with Crippen LogP contribution in [0.1, 0.15) is 23.6 Å². The molecule has 1 fully saturated rings. The lowest BCUT2D eigenvalue weighted by Crippen LogP contribution is -2.31. The number of carbonyl (C=O) groups excluding carboxylic acids is 2. The van der Waals surface area contributed by atoms with Gasteiger partial charge < -0.3 is 5.32 Å². The highest BCUT2D eigenvalue weighted by molar-refractivity contribution is 6.04. The lowest BCUT2D eigenvalue weighted by Gasteiger charge is -2.12. The van der Waals surface area contributed by atoms with E-state index in [-0.39, 0.29) is 18.9 Å². The first-order chi connectivity index (χ1) is 8.65. The van der Waals surface area contributed by atoms with Crippen LogP contribution in [-0.4, -0.2) is 23.4 Å². The molecule has 0 radical (unpaired) electrons. The van der Waals surface area contributed by atoms with E-state index in [0.717, 1.165) is 16.0 Å². The number of rotatable bonds is 3. The molecule has 0 bridgehead atoms. The maximum absolute atomic E-state index is 12.1. The molecular formula is C13H13N3O2. The minimum absolute atomic E-state index is 0.142. The maximum atomic E-state index is 12.1. The van der Waals surface area contributed by atoms with Crippen LogP contribution in [0.4, 0.5) is 4.79 Å². The van der Waals surface area contributed by atoms with E-state index in [9.17, 15) is 9.59 Å². The second-order valence-electron chi connectivity index (χ2n) is 4.14. The molecule has 1 aromatic carbocycles. The number of amides is 3. The van der Waals surface area contributed by atoms with Crippen LogP contribution in [0.2, 0.25) is 0 Å². The number of urea groups is 1. The first-order valence-electron chi connectivity index (χ1n) is 5.69. The number of nitrogens with one attached hydrogen (secondary N) is 1. The Morgan fingerprint density at radius 2 is 2.11 bits per heavy atom. The Bertz CT molecular complexity index is 533. The van der Waals surface area contributed by atoms with E-state index in [1.165, 1.54) is 0 Å². The van der Waals surface area contributed by atoms with Gasteiger partial charge in [0.05, 0.1) is 12.5 Å². The molecule has 1 aromatic rings. The Morgan fingerprint density at radius 1 is 1.39 bits per heavy atom. The van der Waals surface area contributed by atoms with E-state index in [1.54, 1.807) is 0 Å². The fourth-order valence-electron chi connectivity index (χ4n) is 2.01. The summed E-state index contributed by atoms with van der Waals surface area (Å²) in [5.74, 6) is -0.287. The van der Waals surface area contributed by atoms with Gasteiger partial charge in [0, 0.05) is 6.54 Å². The number of benzene rings is 1. The maximum Gasteiger partial charge on any atom is 0.325 e. The van der Waals surface area contributed by atoms with Gasteiger partial charge in [-0.15, -0.1) is 0 Å². The number of imide groups is 1. The van der Waals surface area contributed by atoms with E-state index in [4.69, 9.17) is 5.26 Å². The third-order valence-electron chi connectivity index (χ3n) is 2.97. The molecule has 1 saturated heterocycles. The molecule has 2 rings (SSSR count). The van der Waals surface area contributed by atoms with Crippen molar-refractivity contribution in [1.82, 2.24) is 10.2 Å². The predicted molar refractivity (Wildman–Crippen MR) is 64.4 cm³/mol. The number of nitrogens with zero attached hydrogens (tertiary/aromatic N) is 2. The monoisotopic (exact) mass is 243 g/mol. The average molecular weight is 243 g/mol. The highest BCUT2D eigenvalue weighted by Gasteiger charge is 2.38. The molecule has 0 aromatic heterocycles. The minimum Gasteiger partial charge on any atom is -0.322 e. The summed E-state index contributed by atoms with van der Waals surface area (Å²) >= 11 is 0. The van der Waals surface area contributed by atoms with Gasteiger partial charge in [0.1, 0.15) is 6.04 Å². The van der Waals surface area contributed by atoms with Gasteiger partial charge in [-0.05, 0) is 18.1 Å². The summed E-state index contributed by atoms with van der Waals surface area (Å²) in [6, 6.07) is 8.31. The van der Waals surface area contributed by atoms with Gasteiger partial charge >= 0.3 is 6.03 Å². The molecule has 5 heteroatoms. The van der Waals surface area contributed by atoms with Gasteiger partial charge in [0.2, 0.25) is 0 Å². The second-order valence-corrected chi connectivity index (χ2v) is 4.14. The van der Waals surface area contributed by atoms with Crippen LogP contribution in [0.15, 0.2) is 24.3 Å². The molecular weight excluding hydrogens is 230 g/mol. The molecule has 1 atom stereocenters. The van der Waals surface area contributed by atoms with E-state index in [0.29, 0.717) is 0 Å². The molecule has 92 valence electrons. The highest BCUT2D eigenvalue weighted by Crippen LogP contribution is 2.24. The summed E-state index contributed by atoms with van der Waals surface area (Å²) in [7, 11) is 0. The molecule has 1 N–H and O–H groups in total. The summed E-state index contributed by atoms with van der Waals surface area (Å²) in [6.45, 7) is 2.04. The van der Waals surface area contributed by atoms with Crippen LogP contribution in [-0.2, 0) is 4.79 Å². The number of hydrogen-bond acceptors (Lipinski definition) is 3. The van der Waals surface area contributed by atoms with Crippen molar-refractivity contribution in [2.24, 2.45) is 0 Å². The summed E-state index contributed by atoms with van der Waals surface area (Å²) < 4.78 is 0. The van der Waals surface area contributed by atoms with Crippen LogP contribution < -0.4 is 5.32 Å². The summed E-state index contributed by atoms with van der Waals surface area (Å²) in [5, 5.41) is 11.2. The molecule has 5 nitrogen and oxygen atoms in total. The van der Waals surface area contributed by atoms with Crippen LogP contribution in [0.25, 0.3) is 0 Å². The Kier molecular flexibility index (Phi) is 3.28. The lowest BCUT2D eigenvalue weighted by atomic mass is 10.0. The van der Waals surface area contributed by atoms with Gasteiger partial charge in [0.25, 0.3) is 5.91 Å². The van der Waals surface area contributed by atoms with E-state index in [2.05, 4.69) is 5.32 Å². The average Bonchev–Trinajstić information content (AvgIpc) is 2.63. The smallest absolute Gasteiger partial charge is 0.322 e. The zero-order valence-electron chi connectivity index (χ0n) is 10.0. The zero-order valence-corrected chi connectivity index (χ0v) is 10.0. The Balaban J connectivity index is 2.23. The SMILES string of the molecule is Cc1ccccc1C1NC(=O)N(CCC#N)C1=O. The van der Waals surface area contributed by atoms with Gasteiger partial charge in [0.15, 0.2) is 0 Å². The first-order valence-corrected chi connectivity index (χ1v) is 5.69. The molecule has 0 saturated carbocycles. The van der Waals surface area contributed by atoms with Crippen molar-refractivity contribution in [3.63, 3.8) is 0 Å². The summed E-state index contributed by atoms with van der Waals surface area (Å²) in [6.07, 6.45) is 0.152. The van der Waals surface area contributed by atoms with E-state index >= 15 is 0 Å². The van der Waals surface area contributed by atoms with Crippen LogP contribution in [0.5, 0.6) is 0 Å². The molecule has 0 spiro atoms. The van der Waals surface area contributed by atoms with E-state index in [1.807, 2.05) is 37.3 Å². The quantitative estimate of drug-likeness (QED) is 0.817. The Morgan fingerprint density at radius 3 is 2.78 bits per heavy atom. The van der Waals surface area contributed by atoms with Crippen molar-refractivity contribution in [3.8, 4) is 6.07 Å². The van der Waals surface area contributed by atoms with E-state index < -0.39 is 12.1 Å². The standard InChI is InChI=1S/C13H13N3O2/c1-9-5-2-3-6-10(9)11-12(17)16(8-4-7-14)13(18)15-11/h2-3,5-6,11H,4,8H2,1H3,(H,15,18). The third kappa shape index (κ3) is 2.05. The van der Waals surface area contributed by atoms with Crippen LogP contribution >= 0.6 is 0 Å². The van der Waals surface area contributed by atoms with Crippen LogP contribution in [0.3, 0.4) is 0 Å². The van der Waals surface area contributed by atoms with Crippen molar-refractivity contribution in [2.45, 2.75) is 19.4 Å². The van der Waals surface area contributed by atoms with Gasteiger partial charge in [-0.3, -0.25) is 9.69 Å². The fourth-order valence-corrected chi connectivity index (χ4v) is 2.01. The van der Waals surface area contributed by atoms with Gasteiger partial charge in [-0.2, -0.15) is 5.26 Å². The summed E-state index contributed by atoms with van der Waals surface area (Å²) in [4.78, 5) is 24.9. The van der Waals surface area contributed by atoms with Crippen molar-refractivity contribution >= 4 is 11.9 Å². The van der Waals surface area contributed by atoms with Crippen molar-refractivity contribution in [2.75, 3.05) is 6.54 Å². The molecule has 1 heterocycles. The molecule has 18 heavy (non-hydrogen) atoms. The molecule has 1 unspecified atom stereocenters. The third-order valence-corrected chi connectivity index (χ3v) is 2.97. The molecule has 1 aliphatic rings. The van der Waals surface area contributed by atoms with Gasteiger partial charge in [-0.1, -0.05) is 24.3 Å². The number of hydrogen-bond donors (Lipinski definition) is 1. The molecule has 1 aliphatic heterocycles. The van der Waals surface area contributed by atoms with Gasteiger partial charge in [-0.25, -0.2) is 4.79 Å². The lowest BCUT2D eigenvalue weighted by molar-refractivity contribution is -0.127. The second kappa shape index (κ2) is 4.88. The largest absolute Gasteiger partial charge is 0.325 e. The molecule has 3 amide bonds. The Labute approximate surface area is 105 Å². The minimum atomic E-state index is -0.627. The summed E-state index contributed by atoms with van der Waals surface area (Å²) in [5.41, 5.74) is 1.76. The van der Waals surface area contributed by atoms with Crippen LogP contribution in [0, 0.1) is 18.3 Å². The first kappa shape index (κ1) is 12.1. The molecule has 0 aliphatic carbocycles. The normalized spacial score (nSPS) is 18.7. The predicted octanol–water partition coefficient (Wildman–Crippen LogP) is 1.50. The number of carbonyl (C=O) groups is 2.